The van der Waals surface area contributed by atoms with Crippen LogP contribution in [0.1, 0.15) is 6.92 Å². The normalized spacial score (nSPS) is 12.7. The van der Waals surface area contributed by atoms with Crippen LogP contribution in [0.15, 0.2) is 18.2 Å². The number of halogens is 3. The second-order valence-corrected chi connectivity index (χ2v) is 3.52. The van der Waals surface area contributed by atoms with E-state index in [4.69, 9.17) is 16.3 Å². The van der Waals surface area contributed by atoms with Crippen LogP contribution in [0.3, 0.4) is 0 Å². The molecule has 5 heteroatoms. The number of nitrogens with one attached hydrogen (secondary N) is 1. The van der Waals surface area contributed by atoms with Crippen LogP contribution in [0.25, 0.3) is 0 Å². The third kappa shape index (κ3) is 3.23. The van der Waals surface area contributed by atoms with E-state index in [1.807, 2.05) is 0 Å². The third-order valence-electron chi connectivity index (χ3n) is 1.92. The first-order valence-electron chi connectivity index (χ1n) is 4.43. The fourth-order valence-corrected chi connectivity index (χ4v) is 1.34. The van der Waals surface area contributed by atoms with Gasteiger partial charge in [-0.1, -0.05) is 11.6 Å². The molecule has 0 aliphatic carbocycles. The predicted molar refractivity (Wildman–Crippen MR) is 57.1 cm³/mol. The second kappa shape index (κ2) is 5.16. The molecular weight excluding hydrogens is 224 g/mol. The van der Waals surface area contributed by atoms with Gasteiger partial charge in [-0.25, -0.2) is 8.78 Å². The molecule has 84 valence electrons. The Kier molecular flexibility index (Phi) is 4.15. The number of ether oxygens (including phenoxy) is 1. The lowest BCUT2D eigenvalue weighted by atomic mass is 10.2. The molecule has 1 N–H and O–H groups in total. The summed E-state index contributed by atoms with van der Waals surface area (Å²) in [4.78, 5) is 0. The predicted octanol–water partition coefficient (Wildman–Crippen LogP) is 3.41. The number of alkyl halides is 2. The Balaban J connectivity index is 2.75. The summed E-state index contributed by atoms with van der Waals surface area (Å²) in [7, 11) is 1.50. The standard InChI is InChI=1S/C10H12ClF2NO/c1-6(10(12)13)14-7-3-4-9(15-2)8(11)5-7/h3-6,10,14H,1-2H3. The van der Waals surface area contributed by atoms with Gasteiger partial charge in [-0.05, 0) is 25.1 Å². The molecule has 0 saturated heterocycles. The first kappa shape index (κ1) is 12.0. The van der Waals surface area contributed by atoms with Crippen LogP contribution in [-0.2, 0) is 0 Å². The minimum absolute atomic E-state index is 0.393. The molecule has 0 amide bonds. The van der Waals surface area contributed by atoms with Gasteiger partial charge in [0.25, 0.3) is 6.43 Å². The van der Waals surface area contributed by atoms with Crippen LogP contribution >= 0.6 is 11.6 Å². The molecule has 0 aliphatic rings. The van der Waals surface area contributed by atoms with Crippen molar-refractivity contribution in [2.45, 2.75) is 19.4 Å². The molecule has 0 saturated carbocycles. The van der Waals surface area contributed by atoms with Crippen LogP contribution < -0.4 is 10.1 Å². The molecule has 1 rings (SSSR count). The lowest BCUT2D eigenvalue weighted by Gasteiger charge is -2.14. The van der Waals surface area contributed by atoms with E-state index in [1.165, 1.54) is 14.0 Å². The summed E-state index contributed by atoms with van der Waals surface area (Å²) < 4.78 is 29.4. The van der Waals surface area contributed by atoms with Gasteiger partial charge < -0.3 is 10.1 Å². The van der Waals surface area contributed by atoms with E-state index in [0.29, 0.717) is 16.5 Å². The summed E-state index contributed by atoms with van der Waals surface area (Å²) in [6.07, 6.45) is -2.41. The van der Waals surface area contributed by atoms with Crippen LogP contribution in [0.4, 0.5) is 14.5 Å². The number of hydrogen-bond acceptors (Lipinski definition) is 2. The molecule has 0 fully saturated rings. The quantitative estimate of drug-likeness (QED) is 0.864. The number of anilines is 1. The topological polar surface area (TPSA) is 21.3 Å². The second-order valence-electron chi connectivity index (χ2n) is 3.12. The van der Waals surface area contributed by atoms with Gasteiger partial charge in [0.05, 0.1) is 18.2 Å². The molecule has 1 unspecified atom stereocenters. The maximum Gasteiger partial charge on any atom is 0.258 e. The van der Waals surface area contributed by atoms with Crippen LogP contribution in [0, 0.1) is 0 Å². The highest BCUT2D eigenvalue weighted by atomic mass is 35.5. The fourth-order valence-electron chi connectivity index (χ4n) is 1.08. The van der Waals surface area contributed by atoms with Crippen molar-refractivity contribution in [1.82, 2.24) is 0 Å². The van der Waals surface area contributed by atoms with Gasteiger partial charge in [0.2, 0.25) is 0 Å². The van der Waals surface area contributed by atoms with Crippen molar-refractivity contribution >= 4 is 17.3 Å². The number of rotatable bonds is 4. The van der Waals surface area contributed by atoms with Gasteiger partial charge in [-0.2, -0.15) is 0 Å². The van der Waals surface area contributed by atoms with Crippen molar-refractivity contribution in [2.75, 3.05) is 12.4 Å². The first-order valence-corrected chi connectivity index (χ1v) is 4.80. The third-order valence-corrected chi connectivity index (χ3v) is 2.22. The Bertz CT molecular complexity index is 333. The lowest BCUT2D eigenvalue weighted by Crippen LogP contribution is -2.23. The van der Waals surface area contributed by atoms with E-state index in [0.717, 1.165) is 0 Å². The summed E-state index contributed by atoms with van der Waals surface area (Å²) in [5.41, 5.74) is 0.550. The molecular formula is C10H12ClF2NO. The zero-order valence-corrected chi connectivity index (χ0v) is 9.18. The minimum atomic E-state index is -2.41. The largest absolute Gasteiger partial charge is 0.495 e. The Hall–Kier alpha value is -1.03. The molecule has 0 spiro atoms. The lowest BCUT2D eigenvalue weighted by molar-refractivity contribution is 0.131. The highest BCUT2D eigenvalue weighted by Gasteiger charge is 2.14. The Labute approximate surface area is 92.2 Å². The van der Waals surface area contributed by atoms with Crippen molar-refractivity contribution < 1.29 is 13.5 Å². The van der Waals surface area contributed by atoms with Gasteiger partial charge in [0, 0.05) is 5.69 Å². The molecule has 2 nitrogen and oxygen atoms in total. The number of hydrogen-bond donors (Lipinski definition) is 1. The smallest absolute Gasteiger partial charge is 0.258 e. The van der Waals surface area contributed by atoms with Crippen molar-refractivity contribution in [3.8, 4) is 5.75 Å². The number of benzene rings is 1. The van der Waals surface area contributed by atoms with Crippen molar-refractivity contribution in [1.29, 1.82) is 0 Å². The molecule has 0 radical (unpaired) electrons. The van der Waals surface area contributed by atoms with Crippen molar-refractivity contribution in [2.24, 2.45) is 0 Å². The fraction of sp³-hybridized carbons (Fsp3) is 0.400. The highest BCUT2D eigenvalue weighted by molar-refractivity contribution is 6.32. The van der Waals surface area contributed by atoms with Gasteiger partial charge in [0.1, 0.15) is 5.75 Å². The van der Waals surface area contributed by atoms with Gasteiger partial charge in [-0.3, -0.25) is 0 Å². The molecule has 1 aromatic rings. The Morgan fingerprint density at radius 2 is 2.07 bits per heavy atom. The van der Waals surface area contributed by atoms with Crippen LogP contribution in [0.2, 0.25) is 5.02 Å². The van der Waals surface area contributed by atoms with E-state index in [1.54, 1.807) is 18.2 Å². The molecule has 1 aromatic carbocycles. The Morgan fingerprint density at radius 3 is 2.53 bits per heavy atom. The SMILES string of the molecule is COc1ccc(NC(C)C(F)F)cc1Cl. The number of methoxy groups -OCH3 is 1. The van der Waals surface area contributed by atoms with Gasteiger partial charge in [0.15, 0.2) is 0 Å². The average molecular weight is 236 g/mol. The minimum Gasteiger partial charge on any atom is -0.495 e. The van der Waals surface area contributed by atoms with Gasteiger partial charge >= 0.3 is 0 Å². The molecule has 0 heterocycles. The molecule has 15 heavy (non-hydrogen) atoms. The summed E-state index contributed by atoms with van der Waals surface area (Å²) in [5, 5.41) is 3.04. The van der Waals surface area contributed by atoms with Crippen molar-refractivity contribution in [3.05, 3.63) is 23.2 Å². The van der Waals surface area contributed by atoms with Crippen LogP contribution in [0.5, 0.6) is 5.75 Å². The highest BCUT2D eigenvalue weighted by Crippen LogP contribution is 2.27. The van der Waals surface area contributed by atoms with E-state index in [-0.39, 0.29) is 0 Å². The zero-order valence-electron chi connectivity index (χ0n) is 8.43. The molecule has 0 aromatic heterocycles. The van der Waals surface area contributed by atoms with Gasteiger partial charge in [-0.15, -0.1) is 0 Å². The monoisotopic (exact) mass is 235 g/mol. The summed E-state index contributed by atoms with van der Waals surface area (Å²) in [5.74, 6) is 0.520. The maximum atomic E-state index is 12.2. The van der Waals surface area contributed by atoms with Crippen LogP contribution in [-0.4, -0.2) is 19.6 Å². The molecule has 0 bridgehead atoms. The van der Waals surface area contributed by atoms with E-state index in [2.05, 4.69) is 5.32 Å². The first-order chi connectivity index (χ1) is 7.04. The summed E-state index contributed by atoms with van der Waals surface area (Å²) in [6.45, 7) is 1.41. The van der Waals surface area contributed by atoms with E-state index in [9.17, 15) is 8.78 Å². The van der Waals surface area contributed by atoms with E-state index < -0.39 is 12.5 Å². The summed E-state index contributed by atoms with van der Waals surface area (Å²) >= 11 is 5.84. The molecule has 1 atom stereocenters. The van der Waals surface area contributed by atoms with E-state index >= 15 is 0 Å². The summed E-state index contributed by atoms with van der Waals surface area (Å²) in [6, 6.07) is 3.92. The van der Waals surface area contributed by atoms with Crippen molar-refractivity contribution in [3.63, 3.8) is 0 Å². The Morgan fingerprint density at radius 1 is 1.40 bits per heavy atom. The molecule has 0 aliphatic heterocycles. The average Bonchev–Trinajstić information content (AvgIpc) is 2.18. The maximum absolute atomic E-state index is 12.2. The zero-order chi connectivity index (χ0) is 11.4.